The molecule has 0 unspecified atom stereocenters. The van der Waals surface area contributed by atoms with E-state index in [-0.39, 0.29) is 5.91 Å². The van der Waals surface area contributed by atoms with E-state index >= 15 is 0 Å². The molecule has 1 amide bonds. The predicted molar refractivity (Wildman–Crippen MR) is 102 cm³/mol. The molecular weight excluding hydrogens is 332 g/mol. The Morgan fingerprint density at radius 3 is 2.84 bits per heavy atom. The van der Waals surface area contributed by atoms with Gasteiger partial charge in [0.2, 0.25) is 5.91 Å². The van der Waals surface area contributed by atoms with E-state index in [2.05, 4.69) is 39.2 Å². The van der Waals surface area contributed by atoms with Gasteiger partial charge in [-0.3, -0.25) is 9.69 Å². The maximum Gasteiger partial charge on any atom is 0.220 e. The molecule has 0 saturated carbocycles. The molecule has 2 heterocycles. The van der Waals surface area contributed by atoms with Crippen LogP contribution in [0.5, 0.6) is 5.75 Å². The Kier molecular flexibility index (Phi) is 6.48. The summed E-state index contributed by atoms with van der Waals surface area (Å²) in [5.74, 6) is 1.09. The second kappa shape index (κ2) is 9.02. The Bertz CT molecular complexity index is 664. The topological polar surface area (TPSA) is 41.6 Å². The van der Waals surface area contributed by atoms with Gasteiger partial charge in [-0.2, -0.15) is 11.3 Å². The number of amides is 1. The number of benzene rings is 1. The molecular formula is C20H26N2O2S. The van der Waals surface area contributed by atoms with Gasteiger partial charge in [-0.1, -0.05) is 12.1 Å². The quantitative estimate of drug-likeness (QED) is 0.824. The summed E-state index contributed by atoms with van der Waals surface area (Å²) in [7, 11) is 1.70. The van der Waals surface area contributed by atoms with Crippen molar-refractivity contribution in [1.82, 2.24) is 10.2 Å². The van der Waals surface area contributed by atoms with E-state index in [4.69, 9.17) is 4.74 Å². The van der Waals surface area contributed by atoms with E-state index in [0.717, 1.165) is 44.6 Å². The van der Waals surface area contributed by atoms with Gasteiger partial charge in [0.05, 0.1) is 7.11 Å². The summed E-state index contributed by atoms with van der Waals surface area (Å²) < 4.78 is 5.29. The number of nitrogens with one attached hydrogen (secondary N) is 1. The lowest BCUT2D eigenvalue weighted by Crippen LogP contribution is -2.44. The molecule has 2 aromatic rings. The van der Waals surface area contributed by atoms with E-state index in [0.29, 0.717) is 12.5 Å². The van der Waals surface area contributed by atoms with Gasteiger partial charge in [0.15, 0.2) is 0 Å². The number of ether oxygens (including phenoxy) is 1. The molecule has 5 heteroatoms. The van der Waals surface area contributed by atoms with Crippen molar-refractivity contribution < 1.29 is 9.53 Å². The first-order chi connectivity index (χ1) is 12.2. The summed E-state index contributed by atoms with van der Waals surface area (Å²) in [4.78, 5) is 14.6. The first-order valence-electron chi connectivity index (χ1n) is 8.88. The highest BCUT2D eigenvalue weighted by atomic mass is 32.1. The molecule has 1 aromatic carbocycles. The van der Waals surface area contributed by atoms with Gasteiger partial charge < -0.3 is 10.1 Å². The Morgan fingerprint density at radius 1 is 1.28 bits per heavy atom. The molecule has 1 fully saturated rings. The standard InChI is InChI=1S/C20H26N2O2S/c1-24-19-4-2-3-17(13-19)14-22-10-7-18(8-11-22)21-20(23)6-5-16-9-12-25-15-16/h2-4,9,12-13,15,18H,5-8,10-11,14H2,1H3,(H,21,23). The van der Waals surface area contributed by atoms with Gasteiger partial charge in [0.1, 0.15) is 5.75 Å². The van der Waals surface area contributed by atoms with E-state index in [9.17, 15) is 4.79 Å². The fraction of sp³-hybridized carbons (Fsp3) is 0.450. The van der Waals surface area contributed by atoms with Crippen molar-refractivity contribution in [2.24, 2.45) is 0 Å². The van der Waals surface area contributed by atoms with Gasteiger partial charge >= 0.3 is 0 Å². The summed E-state index contributed by atoms with van der Waals surface area (Å²) in [5, 5.41) is 7.38. The predicted octanol–water partition coefficient (Wildman–Crippen LogP) is 3.47. The normalized spacial score (nSPS) is 15.9. The molecule has 0 bridgehead atoms. The number of aryl methyl sites for hydroxylation is 1. The van der Waals surface area contributed by atoms with Crippen LogP contribution in [0.4, 0.5) is 0 Å². The van der Waals surface area contributed by atoms with Gasteiger partial charge in [-0.05, 0) is 59.3 Å². The maximum atomic E-state index is 12.1. The van der Waals surface area contributed by atoms with E-state index in [1.54, 1.807) is 18.4 Å². The van der Waals surface area contributed by atoms with E-state index < -0.39 is 0 Å². The monoisotopic (exact) mass is 358 g/mol. The van der Waals surface area contributed by atoms with Gasteiger partial charge in [0.25, 0.3) is 0 Å². The molecule has 1 aliphatic rings. The van der Waals surface area contributed by atoms with E-state index in [1.165, 1.54) is 11.1 Å². The van der Waals surface area contributed by atoms with Crippen LogP contribution in [-0.4, -0.2) is 37.0 Å². The highest BCUT2D eigenvalue weighted by Crippen LogP contribution is 2.18. The molecule has 0 spiro atoms. The zero-order valence-electron chi connectivity index (χ0n) is 14.7. The molecule has 1 N–H and O–H groups in total. The average molecular weight is 359 g/mol. The number of rotatable bonds is 7. The molecule has 3 rings (SSSR count). The number of thiophene rings is 1. The number of likely N-dealkylation sites (tertiary alicyclic amines) is 1. The van der Waals surface area contributed by atoms with Crippen LogP contribution in [0.15, 0.2) is 41.1 Å². The number of piperidine rings is 1. The molecule has 1 aromatic heterocycles. The van der Waals surface area contributed by atoms with Crippen LogP contribution in [0.3, 0.4) is 0 Å². The highest BCUT2D eigenvalue weighted by molar-refractivity contribution is 7.07. The Morgan fingerprint density at radius 2 is 2.12 bits per heavy atom. The van der Waals surface area contributed by atoms with Crippen LogP contribution < -0.4 is 10.1 Å². The molecule has 4 nitrogen and oxygen atoms in total. The third-order valence-corrected chi connectivity index (χ3v) is 5.45. The summed E-state index contributed by atoms with van der Waals surface area (Å²) in [6.45, 7) is 2.98. The number of carbonyl (C=O) groups is 1. The average Bonchev–Trinajstić information content (AvgIpc) is 3.15. The smallest absolute Gasteiger partial charge is 0.220 e. The van der Waals surface area contributed by atoms with Crippen molar-refractivity contribution in [1.29, 1.82) is 0 Å². The lowest BCUT2D eigenvalue weighted by Gasteiger charge is -2.32. The first-order valence-corrected chi connectivity index (χ1v) is 9.83. The lowest BCUT2D eigenvalue weighted by molar-refractivity contribution is -0.122. The minimum absolute atomic E-state index is 0.178. The van der Waals surface area contributed by atoms with Crippen LogP contribution >= 0.6 is 11.3 Å². The second-order valence-electron chi connectivity index (χ2n) is 6.60. The Labute approximate surface area is 153 Å². The highest BCUT2D eigenvalue weighted by Gasteiger charge is 2.20. The molecule has 1 aliphatic heterocycles. The number of hydrogen-bond acceptors (Lipinski definition) is 4. The van der Waals surface area contributed by atoms with Gasteiger partial charge in [-0.25, -0.2) is 0 Å². The molecule has 0 atom stereocenters. The van der Waals surface area contributed by atoms with Crippen LogP contribution in [0, 0.1) is 0 Å². The Hall–Kier alpha value is -1.85. The van der Waals surface area contributed by atoms with Crippen molar-refractivity contribution in [3.05, 3.63) is 52.2 Å². The molecule has 0 aliphatic carbocycles. The minimum atomic E-state index is 0.178. The van der Waals surface area contributed by atoms with Crippen molar-refractivity contribution in [2.45, 2.75) is 38.3 Å². The number of nitrogens with zero attached hydrogens (tertiary/aromatic N) is 1. The van der Waals surface area contributed by atoms with Crippen molar-refractivity contribution >= 4 is 17.2 Å². The minimum Gasteiger partial charge on any atom is -0.497 e. The van der Waals surface area contributed by atoms with Gasteiger partial charge in [0, 0.05) is 32.1 Å². The third-order valence-electron chi connectivity index (χ3n) is 4.71. The largest absolute Gasteiger partial charge is 0.497 e. The molecule has 0 radical (unpaired) electrons. The van der Waals surface area contributed by atoms with Gasteiger partial charge in [-0.15, -0.1) is 0 Å². The Balaban J connectivity index is 1.38. The molecule has 134 valence electrons. The van der Waals surface area contributed by atoms with Crippen LogP contribution in [0.1, 0.15) is 30.4 Å². The number of carbonyl (C=O) groups excluding carboxylic acids is 1. The summed E-state index contributed by atoms with van der Waals surface area (Å²) >= 11 is 1.68. The van der Waals surface area contributed by atoms with Crippen LogP contribution in [-0.2, 0) is 17.8 Å². The van der Waals surface area contributed by atoms with Crippen LogP contribution in [0.2, 0.25) is 0 Å². The maximum absolute atomic E-state index is 12.1. The summed E-state index contributed by atoms with van der Waals surface area (Å²) in [6.07, 6.45) is 3.47. The first kappa shape index (κ1) is 18.0. The zero-order chi connectivity index (χ0) is 17.5. The fourth-order valence-electron chi connectivity index (χ4n) is 3.26. The SMILES string of the molecule is COc1cccc(CN2CCC(NC(=O)CCc3ccsc3)CC2)c1. The summed E-state index contributed by atoms with van der Waals surface area (Å²) in [6, 6.07) is 10.7. The van der Waals surface area contributed by atoms with Crippen molar-refractivity contribution in [3.63, 3.8) is 0 Å². The lowest BCUT2D eigenvalue weighted by atomic mass is 10.0. The fourth-order valence-corrected chi connectivity index (χ4v) is 3.96. The van der Waals surface area contributed by atoms with Crippen molar-refractivity contribution in [3.8, 4) is 5.75 Å². The van der Waals surface area contributed by atoms with E-state index in [1.807, 2.05) is 12.1 Å². The van der Waals surface area contributed by atoms with Crippen LogP contribution in [0.25, 0.3) is 0 Å². The summed E-state index contributed by atoms with van der Waals surface area (Å²) in [5.41, 5.74) is 2.53. The third kappa shape index (κ3) is 5.58. The molecule has 25 heavy (non-hydrogen) atoms. The number of hydrogen-bond donors (Lipinski definition) is 1. The number of methoxy groups -OCH3 is 1. The second-order valence-corrected chi connectivity index (χ2v) is 7.38. The zero-order valence-corrected chi connectivity index (χ0v) is 15.6. The van der Waals surface area contributed by atoms with Crippen molar-refractivity contribution in [2.75, 3.05) is 20.2 Å². The molecule has 1 saturated heterocycles.